The third-order valence-corrected chi connectivity index (χ3v) is 7.43. The van der Waals surface area contributed by atoms with Crippen LogP contribution in [0.2, 0.25) is 0 Å². The highest BCUT2D eigenvalue weighted by molar-refractivity contribution is 6.24. The van der Waals surface area contributed by atoms with Crippen molar-refractivity contribution in [1.29, 1.82) is 0 Å². The number of anilines is 1. The zero-order valence-electron chi connectivity index (χ0n) is 17.9. The molecule has 2 bridgehead atoms. The van der Waals surface area contributed by atoms with Crippen molar-refractivity contribution in [3.63, 3.8) is 0 Å². The average Bonchev–Trinajstić information content (AvgIpc) is 3.09. The Bertz CT molecular complexity index is 1420. The predicted molar refractivity (Wildman–Crippen MR) is 120 cm³/mol. The first-order valence-corrected chi connectivity index (χ1v) is 10.8. The van der Waals surface area contributed by atoms with Gasteiger partial charge in [0.25, 0.3) is 11.2 Å². The number of amides is 2. The van der Waals surface area contributed by atoms with Crippen molar-refractivity contribution in [3.8, 4) is 0 Å². The molecule has 1 saturated heterocycles. The van der Waals surface area contributed by atoms with E-state index in [1.54, 1.807) is 61.5 Å². The van der Waals surface area contributed by atoms with E-state index in [-0.39, 0.29) is 5.69 Å². The van der Waals surface area contributed by atoms with E-state index in [1.165, 1.54) is 12.1 Å². The molecule has 3 aromatic carbocycles. The normalized spacial score (nSPS) is 26.1. The number of aryl methyl sites for hydroxylation is 1. The molecule has 0 unspecified atom stereocenters. The molecule has 0 saturated carbocycles. The predicted octanol–water partition coefficient (Wildman–Crippen LogP) is 3.69. The first-order valence-electron chi connectivity index (χ1n) is 10.8. The third-order valence-electron chi connectivity index (χ3n) is 7.43. The Morgan fingerprint density at radius 2 is 1.44 bits per heavy atom. The van der Waals surface area contributed by atoms with Crippen LogP contribution in [0.4, 0.5) is 11.4 Å². The summed E-state index contributed by atoms with van der Waals surface area (Å²) in [5.41, 5.74) is 0.143. The molecule has 4 aliphatic rings. The standard InChI is InChI=1S/C25H17N3O6/c1-13-10-11-18(19(12-13)27(31)32)26-23(29)21-20-14-6-2-4-8-16(14)25(28(33)34,22(21)24(26)30)17-9-5-3-7-15(17)20/h2-12,20-22H,1H3/t20?,21-,22+,25?/m1/s1. The maximum Gasteiger partial charge on any atom is 0.293 e. The lowest BCUT2D eigenvalue weighted by molar-refractivity contribution is -0.578. The number of rotatable bonds is 3. The topological polar surface area (TPSA) is 124 Å². The lowest BCUT2D eigenvalue weighted by Crippen LogP contribution is -2.57. The fourth-order valence-electron chi connectivity index (χ4n) is 6.25. The Morgan fingerprint density at radius 1 is 0.853 bits per heavy atom. The molecule has 2 atom stereocenters. The fourth-order valence-corrected chi connectivity index (χ4v) is 6.25. The number of nitro benzene ring substituents is 1. The molecular formula is C25H17N3O6. The minimum atomic E-state index is -1.96. The van der Waals surface area contributed by atoms with Crippen molar-refractivity contribution in [1.82, 2.24) is 0 Å². The summed E-state index contributed by atoms with van der Waals surface area (Å²) in [6.45, 7) is 1.67. The van der Waals surface area contributed by atoms with Gasteiger partial charge < -0.3 is 0 Å². The van der Waals surface area contributed by atoms with Crippen LogP contribution in [0.1, 0.15) is 33.7 Å². The highest BCUT2D eigenvalue weighted by Crippen LogP contribution is 2.64. The van der Waals surface area contributed by atoms with Gasteiger partial charge in [-0.1, -0.05) is 54.6 Å². The summed E-state index contributed by atoms with van der Waals surface area (Å²) < 4.78 is 0. The van der Waals surface area contributed by atoms with E-state index < -0.39 is 50.6 Å². The quantitative estimate of drug-likeness (QED) is 0.337. The summed E-state index contributed by atoms with van der Waals surface area (Å²) in [4.78, 5) is 52.2. The number of nitrogens with zero attached hydrogens (tertiary/aromatic N) is 3. The van der Waals surface area contributed by atoms with Crippen LogP contribution >= 0.6 is 0 Å². The van der Waals surface area contributed by atoms with Crippen molar-refractivity contribution in [2.24, 2.45) is 11.8 Å². The fraction of sp³-hybridized carbons (Fsp3) is 0.200. The Hall–Kier alpha value is -4.40. The summed E-state index contributed by atoms with van der Waals surface area (Å²) in [7, 11) is 0. The molecule has 1 heterocycles. The van der Waals surface area contributed by atoms with Crippen LogP contribution in [0, 0.1) is 39.0 Å². The molecule has 1 fully saturated rings. The first-order chi connectivity index (χ1) is 16.3. The number of benzene rings is 3. The van der Waals surface area contributed by atoms with Crippen LogP contribution in [0.5, 0.6) is 0 Å². The van der Waals surface area contributed by atoms with E-state index in [9.17, 15) is 29.8 Å². The molecule has 0 spiro atoms. The molecule has 3 aliphatic carbocycles. The zero-order valence-corrected chi connectivity index (χ0v) is 17.9. The lowest BCUT2D eigenvalue weighted by atomic mass is 9.51. The second-order valence-electron chi connectivity index (χ2n) is 8.94. The summed E-state index contributed by atoms with van der Waals surface area (Å²) >= 11 is 0. The maximum atomic E-state index is 13.9. The van der Waals surface area contributed by atoms with E-state index in [4.69, 9.17) is 0 Å². The summed E-state index contributed by atoms with van der Waals surface area (Å²) in [6, 6.07) is 17.9. The number of hydrogen-bond acceptors (Lipinski definition) is 6. The molecule has 7 rings (SSSR count). The minimum absolute atomic E-state index is 0.161. The molecule has 34 heavy (non-hydrogen) atoms. The highest BCUT2D eigenvalue weighted by atomic mass is 16.6. The molecule has 9 heteroatoms. The van der Waals surface area contributed by atoms with Crippen LogP contribution in [-0.2, 0) is 15.1 Å². The van der Waals surface area contributed by atoms with Gasteiger partial charge in [0, 0.05) is 28.0 Å². The van der Waals surface area contributed by atoms with Crippen LogP contribution in [0.25, 0.3) is 0 Å². The lowest BCUT2D eigenvalue weighted by Gasteiger charge is -2.48. The summed E-state index contributed by atoms with van der Waals surface area (Å²) in [6.07, 6.45) is 0. The van der Waals surface area contributed by atoms with Gasteiger partial charge in [-0.3, -0.25) is 29.8 Å². The summed E-state index contributed by atoms with van der Waals surface area (Å²) in [5, 5.41) is 24.7. The van der Waals surface area contributed by atoms with Crippen LogP contribution in [-0.4, -0.2) is 21.7 Å². The summed E-state index contributed by atoms with van der Waals surface area (Å²) in [5.74, 6) is -4.35. The molecule has 3 aromatic rings. The van der Waals surface area contributed by atoms with Crippen LogP contribution in [0.3, 0.4) is 0 Å². The second kappa shape index (κ2) is 6.57. The van der Waals surface area contributed by atoms with Crippen LogP contribution in [0.15, 0.2) is 66.7 Å². The first kappa shape index (κ1) is 20.2. The minimum Gasteiger partial charge on any atom is -0.274 e. The molecule has 0 radical (unpaired) electrons. The zero-order chi connectivity index (χ0) is 23.9. The third kappa shape index (κ3) is 2.18. The largest absolute Gasteiger partial charge is 0.293 e. The van der Waals surface area contributed by atoms with Gasteiger partial charge in [0.2, 0.25) is 11.8 Å². The Morgan fingerprint density at radius 3 is 2.00 bits per heavy atom. The van der Waals surface area contributed by atoms with Gasteiger partial charge in [0.05, 0.1) is 10.8 Å². The Balaban J connectivity index is 1.66. The van der Waals surface area contributed by atoms with E-state index in [2.05, 4.69) is 0 Å². The van der Waals surface area contributed by atoms with Gasteiger partial charge in [0.1, 0.15) is 11.6 Å². The van der Waals surface area contributed by atoms with Crippen molar-refractivity contribution in [2.45, 2.75) is 18.4 Å². The molecule has 9 nitrogen and oxygen atoms in total. The van der Waals surface area contributed by atoms with Gasteiger partial charge in [-0.25, -0.2) is 4.90 Å². The average molecular weight is 455 g/mol. The van der Waals surface area contributed by atoms with Gasteiger partial charge >= 0.3 is 0 Å². The Kier molecular flexibility index (Phi) is 3.91. The van der Waals surface area contributed by atoms with Gasteiger partial charge in [-0.05, 0) is 29.7 Å². The van der Waals surface area contributed by atoms with Crippen molar-refractivity contribution < 1.29 is 19.4 Å². The molecule has 1 aliphatic heterocycles. The number of nitro groups is 2. The van der Waals surface area contributed by atoms with Crippen LogP contribution < -0.4 is 4.90 Å². The van der Waals surface area contributed by atoms with E-state index in [0.29, 0.717) is 27.8 Å². The Labute approximate surface area is 192 Å². The molecular weight excluding hydrogens is 438 g/mol. The molecule has 2 amide bonds. The van der Waals surface area contributed by atoms with Crippen molar-refractivity contribution >= 4 is 23.2 Å². The monoisotopic (exact) mass is 455 g/mol. The van der Waals surface area contributed by atoms with E-state index in [1.807, 2.05) is 0 Å². The highest BCUT2D eigenvalue weighted by Gasteiger charge is 2.75. The van der Waals surface area contributed by atoms with Crippen molar-refractivity contribution in [3.05, 3.63) is 115 Å². The second-order valence-corrected chi connectivity index (χ2v) is 8.94. The number of imide groups is 1. The number of carbonyl (C=O) groups is 2. The molecule has 0 aromatic heterocycles. The van der Waals surface area contributed by atoms with E-state index >= 15 is 0 Å². The van der Waals surface area contributed by atoms with Crippen molar-refractivity contribution in [2.75, 3.05) is 4.90 Å². The smallest absolute Gasteiger partial charge is 0.274 e. The molecule has 0 N–H and O–H groups in total. The SMILES string of the molecule is Cc1ccc(N2C(=O)[C@@H]3C4c5ccccc5C([N+](=O)[O-])(c5ccccc54)[C@@H]3C2=O)c([N+](=O)[O-])c1. The van der Waals surface area contributed by atoms with Gasteiger partial charge in [0.15, 0.2) is 0 Å². The number of carbonyl (C=O) groups excluding carboxylic acids is 2. The molecule has 168 valence electrons. The number of hydrogen-bond donors (Lipinski definition) is 0. The maximum absolute atomic E-state index is 13.9. The van der Waals surface area contributed by atoms with Gasteiger partial charge in [-0.2, -0.15) is 0 Å². The van der Waals surface area contributed by atoms with E-state index in [0.717, 1.165) is 4.90 Å². The van der Waals surface area contributed by atoms with Gasteiger partial charge in [-0.15, -0.1) is 0 Å².